The summed E-state index contributed by atoms with van der Waals surface area (Å²) in [5.74, 6) is 0.267. The van der Waals surface area contributed by atoms with Gasteiger partial charge < -0.3 is 4.90 Å². The van der Waals surface area contributed by atoms with Gasteiger partial charge in [0.2, 0.25) is 15.9 Å². The lowest BCUT2D eigenvalue weighted by molar-refractivity contribution is -0.127. The number of nitrogens with zero attached hydrogens (tertiary/aromatic N) is 2. The molecule has 0 N–H and O–H groups in total. The van der Waals surface area contributed by atoms with Gasteiger partial charge in [-0.15, -0.1) is 0 Å². The Hall–Kier alpha value is -1.45. The molecular weight excluding hydrogens is 352 g/mol. The van der Waals surface area contributed by atoms with E-state index in [0.29, 0.717) is 19.4 Å². The van der Waals surface area contributed by atoms with E-state index in [1.54, 1.807) is 11.9 Å². The molecule has 2 fully saturated rings. The monoisotopic (exact) mass is 372 g/mol. The molecule has 0 aromatic heterocycles. The van der Waals surface area contributed by atoms with Crippen molar-refractivity contribution in [3.05, 3.63) is 24.3 Å². The Bertz CT molecular complexity index is 862. The molecule has 0 unspecified atom stereocenters. The fourth-order valence-corrected chi connectivity index (χ4v) is 5.51. The lowest BCUT2D eigenvalue weighted by Gasteiger charge is -2.36. The van der Waals surface area contributed by atoms with Crippen molar-refractivity contribution in [2.45, 2.75) is 28.7 Å². The molecule has 132 valence electrons. The number of benzene rings is 1. The molecule has 3 rings (SSSR count). The maximum absolute atomic E-state index is 12.8. The van der Waals surface area contributed by atoms with Gasteiger partial charge >= 0.3 is 0 Å². The average Bonchev–Trinajstić information content (AvgIpc) is 2.81. The molecule has 7 nitrogen and oxygen atoms in total. The molecule has 1 aromatic rings. The number of likely N-dealkylation sites (tertiary alicyclic amines) is 1. The highest BCUT2D eigenvalue weighted by Gasteiger charge is 2.43. The molecule has 2 aliphatic rings. The zero-order chi connectivity index (χ0) is 17.7. The third kappa shape index (κ3) is 2.96. The predicted octanol–water partition coefficient (Wildman–Crippen LogP) is 0.331. The summed E-state index contributed by atoms with van der Waals surface area (Å²) < 4.78 is 50.0. The molecule has 1 amide bonds. The van der Waals surface area contributed by atoms with E-state index in [1.807, 2.05) is 0 Å². The van der Waals surface area contributed by atoms with Gasteiger partial charge in [0.15, 0.2) is 9.84 Å². The average molecular weight is 372 g/mol. The maximum atomic E-state index is 12.8. The van der Waals surface area contributed by atoms with E-state index in [-0.39, 0.29) is 34.2 Å². The standard InChI is InChI=1S/C15H20N2O5S2/c1-16-14-10-17(8-7-11(14)9-15(16)18)24(21,22)13-5-3-12(4-6-13)23(2,19)20/h3-6,11,14H,7-10H2,1-2H3/t11-,14-/m1/s1. The van der Waals surface area contributed by atoms with Gasteiger partial charge in [-0.1, -0.05) is 0 Å². The molecule has 2 atom stereocenters. The van der Waals surface area contributed by atoms with Crippen molar-refractivity contribution in [2.75, 3.05) is 26.4 Å². The predicted molar refractivity (Wildman–Crippen MR) is 87.6 cm³/mol. The first-order chi connectivity index (χ1) is 11.1. The topological polar surface area (TPSA) is 91.8 Å². The van der Waals surface area contributed by atoms with Crippen LogP contribution in [0.25, 0.3) is 0 Å². The Morgan fingerprint density at radius 2 is 1.62 bits per heavy atom. The fourth-order valence-electron chi connectivity index (χ4n) is 3.41. The fraction of sp³-hybridized carbons (Fsp3) is 0.533. The van der Waals surface area contributed by atoms with Crippen molar-refractivity contribution in [1.29, 1.82) is 0 Å². The van der Waals surface area contributed by atoms with Crippen LogP contribution in [0.5, 0.6) is 0 Å². The van der Waals surface area contributed by atoms with Crippen molar-refractivity contribution < 1.29 is 21.6 Å². The summed E-state index contributed by atoms with van der Waals surface area (Å²) in [6, 6.07) is 5.17. The lowest BCUT2D eigenvalue weighted by Crippen LogP contribution is -2.49. The van der Waals surface area contributed by atoms with Gasteiger partial charge in [0.05, 0.1) is 9.79 Å². The summed E-state index contributed by atoms with van der Waals surface area (Å²) in [7, 11) is -5.36. The van der Waals surface area contributed by atoms with Gasteiger partial charge in [-0.3, -0.25) is 4.79 Å². The number of fused-ring (bicyclic) bond motifs is 1. The number of hydrogen-bond acceptors (Lipinski definition) is 5. The Morgan fingerprint density at radius 1 is 1.04 bits per heavy atom. The van der Waals surface area contributed by atoms with Gasteiger partial charge in [0.1, 0.15) is 0 Å². The number of rotatable bonds is 3. The van der Waals surface area contributed by atoms with E-state index in [2.05, 4.69) is 0 Å². The van der Waals surface area contributed by atoms with Crippen LogP contribution in [-0.4, -0.2) is 64.4 Å². The highest BCUT2D eigenvalue weighted by atomic mass is 32.2. The molecule has 0 spiro atoms. The summed E-state index contributed by atoms with van der Waals surface area (Å²) >= 11 is 0. The maximum Gasteiger partial charge on any atom is 0.243 e. The van der Waals surface area contributed by atoms with Gasteiger partial charge in [0.25, 0.3) is 0 Å². The quantitative estimate of drug-likeness (QED) is 0.763. The van der Waals surface area contributed by atoms with Crippen LogP contribution < -0.4 is 0 Å². The van der Waals surface area contributed by atoms with Crippen molar-refractivity contribution in [3.63, 3.8) is 0 Å². The summed E-state index contributed by atoms with van der Waals surface area (Å²) in [5.41, 5.74) is 0. The third-order valence-corrected chi connectivity index (χ3v) is 7.91. The molecule has 1 aromatic carbocycles. The van der Waals surface area contributed by atoms with E-state index in [4.69, 9.17) is 0 Å². The van der Waals surface area contributed by atoms with E-state index in [0.717, 1.165) is 6.26 Å². The van der Waals surface area contributed by atoms with Crippen LogP contribution in [0.3, 0.4) is 0 Å². The van der Waals surface area contributed by atoms with Crippen molar-refractivity contribution in [2.24, 2.45) is 5.92 Å². The van der Waals surface area contributed by atoms with Crippen LogP contribution >= 0.6 is 0 Å². The van der Waals surface area contributed by atoms with Crippen molar-refractivity contribution in [3.8, 4) is 0 Å². The second kappa shape index (κ2) is 5.82. The highest BCUT2D eigenvalue weighted by Crippen LogP contribution is 2.33. The van der Waals surface area contributed by atoms with E-state index in [1.165, 1.54) is 28.6 Å². The molecule has 2 heterocycles. The van der Waals surface area contributed by atoms with Gasteiger partial charge in [-0.2, -0.15) is 4.31 Å². The molecule has 0 radical (unpaired) electrons. The normalized spacial score (nSPS) is 25.8. The summed E-state index contributed by atoms with van der Waals surface area (Å²) in [6.07, 6.45) is 2.22. The highest BCUT2D eigenvalue weighted by molar-refractivity contribution is 7.90. The third-order valence-electron chi connectivity index (χ3n) is 4.90. The smallest absolute Gasteiger partial charge is 0.243 e. The first-order valence-corrected chi connectivity index (χ1v) is 11.0. The molecule has 2 saturated heterocycles. The minimum absolute atomic E-state index is 0.0572. The first kappa shape index (κ1) is 17.4. The molecule has 2 aliphatic heterocycles. The van der Waals surface area contributed by atoms with Crippen molar-refractivity contribution >= 4 is 25.8 Å². The second-order valence-electron chi connectivity index (χ2n) is 6.43. The Kier molecular flexibility index (Phi) is 4.21. The minimum Gasteiger partial charge on any atom is -0.341 e. The van der Waals surface area contributed by atoms with Crippen LogP contribution in [0.15, 0.2) is 34.1 Å². The molecule has 9 heteroatoms. The Morgan fingerprint density at radius 3 is 2.21 bits per heavy atom. The van der Waals surface area contributed by atoms with Crippen LogP contribution in [-0.2, 0) is 24.7 Å². The van der Waals surface area contributed by atoms with Crippen LogP contribution in [0.4, 0.5) is 0 Å². The number of likely N-dealkylation sites (N-methyl/N-ethyl adjacent to an activating group) is 1. The number of sulfonamides is 1. The number of carbonyl (C=O) groups excluding carboxylic acids is 1. The minimum atomic E-state index is -3.70. The number of carbonyl (C=O) groups is 1. The van der Waals surface area contributed by atoms with Crippen molar-refractivity contribution in [1.82, 2.24) is 9.21 Å². The Balaban J connectivity index is 1.85. The van der Waals surface area contributed by atoms with Gasteiger partial charge in [-0.25, -0.2) is 16.8 Å². The molecule has 0 aliphatic carbocycles. The first-order valence-electron chi connectivity index (χ1n) is 7.66. The number of piperidine rings is 1. The summed E-state index contributed by atoms with van der Waals surface area (Å²) in [4.78, 5) is 13.6. The molecule has 0 saturated carbocycles. The van der Waals surface area contributed by atoms with Gasteiger partial charge in [0, 0.05) is 38.9 Å². The molecular formula is C15H20N2O5S2. The van der Waals surface area contributed by atoms with Crippen LogP contribution in [0.2, 0.25) is 0 Å². The van der Waals surface area contributed by atoms with Crippen LogP contribution in [0, 0.1) is 5.92 Å². The number of hydrogen-bond donors (Lipinski definition) is 0. The Labute approximate surface area is 142 Å². The molecule has 24 heavy (non-hydrogen) atoms. The van der Waals surface area contributed by atoms with Gasteiger partial charge in [-0.05, 0) is 36.6 Å². The van der Waals surface area contributed by atoms with E-state index < -0.39 is 19.9 Å². The second-order valence-corrected chi connectivity index (χ2v) is 10.4. The van der Waals surface area contributed by atoms with Crippen LogP contribution in [0.1, 0.15) is 12.8 Å². The number of sulfone groups is 1. The summed E-state index contributed by atoms with van der Waals surface area (Å²) in [6.45, 7) is 0.654. The SMILES string of the molecule is CN1C(=O)C[C@H]2CCN(S(=O)(=O)c3ccc(S(C)(=O)=O)cc3)C[C@H]21. The largest absolute Gasteiger partial charge is 0.341 e. The zero-order valence-corrected chi connectivity index (χ0v) is 15.2. The van der Waals surface area contributed by atoms with E-state index >= 15 is 0 Å². The van der Waals surface area contributed by atoms with E-state index in [9.17, 15) is 21.6 Å². The summed E-state index contributed by atoms with van der Waals surface area (Å²) in [5, 5.41) is 0. The number of amides is 1. The lowest BCUT2D eigenvalue weighted by atomic mass is 9.93. The molecule has 0 bridgehead atoms. The zero-order valence-electron chi connectivity index (χ0n) is 13.5.